The van der Waals surface area contributed by atoms with Gasteiger partial charge in [0.05, 0.1) is 0 Å². The zero-order valence-electron chi connectivity index (χ0n) is 11.4. The first kappa shape index (κ1) is 13.9. The van der Waals surface area contributed by atoms with E-state index in [1.807, 2.05) is 0 Å². The average molecular weight is 311 g/mol. The molecule has 1 aromatic carbocycles. The molecule has 2 nitrogen and oxygen atoms in total. The van der Waals surface area contributed by atoms with E-state index in [9.17, 15) is 0 Å². The molecule has 0 radical (unpaired) electrons. The van der Waals surface area contributed by atoms with Gasteiger partial charge in [-0.25, -0.2) is 0 Å². The van der Waals surface area contributed by atoms with Crippen LogP contribution in [-0.4, -0.2) is 19.1 Å². The molecule has 1 saturated carbocycles. The van der Waals surface area contributed by atoms with Gasteiger partial charge in [-0.2, -0.15) is 0 Å². The van der Waals surface area contributed by atoms with E-state index in [1.54, 1.807) is 0 Å². The molecule has 2 rings (SSSR count). The smallest absolute Gasteiger partial charge is 0.0380 e. The molecule has 0 spiro atoms. The van der Waals surface area contributed by atoms with Crippen molar-refractivity contribution in [2.75, 3.05) is 18.0 Å². The summed E-state index contributed by atoms with van der Waals surface area (Å²) >= 11 is 3.70. The fourth-order valence-electron chi connectivity index (χ4n) is 2.30. The van der Waals surface area contributed by atoms with Gasteiger partial charge >= 0.3 is 0 Å². The number of hydrogen-bond acceptors (Lipinski definition) is 2. The van der Waals surface area contributed by atoms with Gasteiger partial charge in [-0.15, -0.1) is 0 Å². The second-order valence-electron chi connectivity index (χ2n) is 4.97. The number of halogens is 1. The van der Waals surface area contributed by atoms with Gasteiger partial charge in [-0.3, -0.25) is 0 Å². The minimum Gasteiger partial charge on any atom is -0.369 e. The van der Waals surface area contributed by atoms with Crippen LogP contribution >= 0.6 is 15.9 Å². The highest BCUT2D eigenvalue weighted by atomic mass is 79.9. The van der Waals surface area contributed by atoms with Crippen LogP contribution in [0, 0.1) is 0 Å². The first-order chi connectivity index (χ1) is 8.76. The number of hydrogen-bond donors (Lipinski definition) is 1. The Hall–Kier alpha value is -0.540. The van der Waals surface area contributed by atoms with Gasteiger partial charge in [0.1, 0.15) is 0 Å². The molecule has 18 heavy (non-hydrogen) atoms. The molecule has 1 N–H and O–H groups in total. The molecule has 0 aliphatic heterocycles. The van der Waals surface area contributed by atoms with E-state index >= 15 is 0 Å². The quantitative estimate of drug-likeness (QED) is 0.767. The van der Waals surface area contributed by atoms with Gasteiger partial charge in [-0.1, -0.05) is 28.9 Å². The summed E-state index contributed by atoms with van der Waals surface area (Å²) in [6.45, 7) is 7.56. The first-order valence-electron chi connectivity index (χ1n) is 7.02. The van der Waals surface area contributed by atoms with Crippen LogP contribution in [0.15, 0.2) is 22.7 Å². The van der Waals surface area contributed by atoms with E-state index in [2.05, 4.69) is 58.2 Å². The van der Waals surface area contributed by atoms with Crippen LogP contribution in [0.4, 0.5) is 5.69 Å². The van der Waals surface area contributed by atoms with Crippen LogP contribution in [0.2, 0.25) is 0 Å². The Morgan fingerprint density at radius 2 is 2.11 bits per heavy atom. The minimum atomic E-state index is 0.783. The van der Waals surface area contributed by atoms with Crippen LogP contribution in [0.1, 0.15) is 38.7 Å². The Kier molecular flexibility index (Phi) is 5.07. The normalized spacial score (nSPS) is 14.8. The fraction of sp³-hybridized carbons (Fsp3) is 0.600. The third kappa shape index (κ3) is 3.48. The zero-order chi connectivity index (χ0) is 13.0. The zero-order valence-corrected chi connectivity index (χ0v) is 13.0. The fourth-order valence-corrected chi connectivity index (χ4v) is 2.80. The van der Waals surface area contributed by atoms with Crippen molar-refractivity contribution in [3.63, 3.8) is 0 Å². The highest BCUT2D eigenvalue weighted by Crippen LogP contribution is 2.33. The molecular weight excluding hydrogens is 288 g/mol. The summed E-state index contributed by atoms with van der Waals surface area (Å²) < 4.78 is 1.22. The summed E-state index contributed by atoms with van der Waals surface area (Å²) in [4.78, 5) is 2.51. The van der Waals surface area contributed by atoms with Gasteiger partial charge in [0.2, 0.25) is 0 Å². The van der Waals surface area contributed by atoms with Crippen LogP contribution in [-0.2, 0) is 6.54 Å². The van der Waals surface area contributed by atoms with Crippen LogP contribution in [0.3, 0.4) is 0 Å². The lowest BCUT2D eigenvalue weighted by Gasteiger charge is -2.23. The van der Waals surface area contributed by atoms with Crippen molar-refractivity contribution in [2.45, 2.75) is 45.7 Å². The molecule has 3 heteroatoms. The molecule has 0 bridgehead atoms. The third-order valence-electron chi connectivity index (χ3n) is 3.44. The molecule has 1 aromatic rings. The Morgan fingerprint density at radius 3 is 2.67 bits per heavy atom. The number of benzene rings is 1. The van der Waals surface area contributed by atoms with Crippen molar-refractivity contribution in [3.05, 3.63) is 28.2 Å². The van der Waals surface area contributed by atoms with Gasteiger partial charge in [-0.05, 0) is 50.4 Å². The summed E-state index contributed by atoms with van der Waals surface area (Å²) in [7, 11) is 0. The molecule has 1 aliphatic rings. The molecule has 100 valence electrons. The second kappa shape index (κ2) is 6.58. The van der Waals surface area contributed by atoms with E-state index in [4.69, 9.17) is 0 Å². The van der Waals surface area contributed by atoms with Crippen molar-refractivity contribution in [2.24, 2.45) is 0 Å². The predicted octanol–water partition coefficient (Wildman–Crippen LogP) is 3.94. The lowest BCUT2D eigenvalue weighted by Crippen LogP contribution is -2.25. The van der Waals surface area contributed by atoms with Crippen molar-refractivity contribution >= 4 is 21.6 Å². The van der Waals surface area contributed by atoms with Crippen LogP contribution < -0.4 is 10.2 Å². The van der Waals surface area contributed by atoms with Crippen molar-refractivity contribution < 1.29 is 0 Å². The first-order valence-corrected chi connectivity index (χ1v) is 7.81. The predicted molar refractivity (Wildman–Crippen MR) is 82.2 cm³/mol. The summed E-state index contributed by atoms with van der Waals surface area (Å²) in [5.41, 5.74) is 2.70. The molecule has 1 fully saturated rings. The van der Waals surface area contributed by atoms with Gasteiger partial charge in [0, 0.05) is 29.3 Å². The third-order valence-corrected chi connectivity index (χ3v) is 4.18. The van der Waals surface area contributed by atoms with Gasteiger partial charge < -0.3 is 10.2 Å². The van der Waals surface area contributed by atoms with E-state index < -0.39 is 0 Å². The van der Waals surface area contributed by atoms with E-state index in [1.165, 1.54) is 35.0 Å². The SMILES string of the molecule is CCCNCc1ccc(N(CC)C2CC2)cc1Br. The van der Waals surface area contributed by atoms with E-state index in [0.29, 0.717) is 0 Å². The molecule has 1 aliphatic carbocycles. The van der Waals surface area contributed by atoms with Crippen LogP contribution in [0.5, 0.6) is 0 Å². The van der Waals surface area contributed by atoms with Gasteiger partial charge in [0.25, 0.3) is 0 Å². The number of rotatable bonds is 7. The Bertz CT molecular complexity index is 388. The largest absolute Gasteiger partial charge is 0.369 e. The van der Waals surface area contributed by atoms with Gasteiger partial charge in [0.15, 0.2) is 0 Å². The monoisotopic (exact) mass is 310 g/mol. The highest BCUT2D eigenvalue weighted by molar-refractivity contribution is 9.10. The molecular formula is C15H23BrN2. The second-order valence-corrected chi connectivity index (χ2v) is 5.82. The van der Waals surface area contributed by atoms with E-state index in [-0.39, 0.29) is 0 Å². The average Bonchev–Trinajstić information content (AvgIpc) is 3.17. The molecule has 0 atom stereocenters. The Labute approximate surface area is 119 Å². The Balaban J connectivity index is 2.03. The Morgan fingerprint density at radius 1 is 1.33 bits per heavy atom. The maximum Gasteiger partial charge on any atom is 0.0380 e. The summed E-state index contributed by atoms with van der Waals surface area (Å²) in [5.74, 6) is 0. The summed E-state index contributed by atoms with van der Waals surface area (Å²) in [6, 6.07) is 7.55. The topological polar surface area (TPSA) is 15.3 Å². The molecule has 0 saturated heterocycles. The highest BCUT2D eigenvalue weighted by Gasteiger charge is 2.28. The number of nitrogens with zero attached hydrogens (tertiary/aromatic N) is 1. The summed E-state index contributed by atoms with van der Waals surface area (Å²) in [5, 5.41) is 3.45. The standard InChI is InChI=1S/C15H23BrN2/c1-3-9-17-11-12-5-6-14(10-15(12)16)18(4-2)13-7-8-13/h5-6,10,13,17H,3-4,7-9,11H2,1-2H3. The number of nitrogens with one attached hydrogen (secondary N) is 1. The maximum atomic E-state index is 3.70. The van der Waals surface area contributed by atoms with Crippen molar-refractivity contribution in [1.29, 1.82) is 0 Å². The molecule has 0 amide bonds. The minimum absolute atomic E-state index is 0.783. The molecule has 0 heterocycles. The van der Waals surface area contributed by atoms with Crippen molar-refractivity contribution in [1.82, 2.24) is 5.32 Å². The lowest BCUT2D eigenvalue weighted by atomic mass is 10.2. The maximum absolute atomic E-state index is 3.70. The van der Waals surface area contributed by atoms with E-state index in [0.717, 1.165) is 25.7 Å². The summed E-state index contributed by atoms with van der Waals surface area (Å²) in [6.07, 6.45) is 3.89. The lowest BCUT2D eigenvalue weighted by molar-refractivity contribution is 0.674. The van der Waals surface area contributed by atoms with Crippen LogP contribution in [0.25, 0.3) is 0 Å². The molecule has 0 aromatic heterocycles. The molecule has 0 unspecified atom stereocenters. The number of anilines is 1. The van der Waals surface area contributed by atoms with Crippen molar-refractivity contribution in [3.8, 4) is 0 Å².